The van der Waals surface area contributed by atoms with Crippen molar-refractivity contribution in [1.82, 2.24) is 20.2 Å². The lowest BCUT2D eigenvalue weighted by Gasteiger charge is -2.10. The summed E-state index contributed by atoms with van der Waals surface area (Å²) < 4.78 is 1.73. The van der Waals surface area contributed by atoms with Crippen LogP contribution in [0.15, 0.2) is 107 Å². The summed E-state index contributed by atoms with van der Waals surface area (Å²) in [6, 6.07) is 24.4. The van der Waals surface area contributed by atoms with Crippen LogP contribution in [0.5, 0.6) is 0 Å². The third-order valence-electron chi connectivity index (χ3n) is 7.91. The first-order valence-electron chi connectivity index (χ1n) is 16.1. The maximum absolute atomic E-state index is 12.8. The smallest absolute Gasteiger partial charge is 0.257 e. The van der Waals surface area contributed by atoms with E-state index in [-0.39, 0.29) is 41.7 Å². The molecule has 5 N–H and O–H groups in total. The van der Waals surface area contributed by atoms with Crippen molar-refractivity contribution in [3.63, 3.8) is 0 Å². The zero-order valence-electron chi connectivity index (χ0n) is 28.3. The summed E-state index contributed by atoms with van der Waals surface area (Å²) in [5.41, 5.74) is 3.62. The Hall–Kier alpha value is -6.14. The zero-order chi connectivity index (χ0) is 37.9. The number of carbonyl (C=O) groups is 2. The third-order valence-corrected chi connectivity index (χ3v) is 8.42. The third kappa shape index (κ3) is 9.80. The van der Waals surface area contributed by atoms with Crippen LogP contribution in [0.2, 0.25) is 10.0 Å². The molecule has 2 heterocycles. The molecule has 0 aliphatic carbocycles. The number of benzene rings is 4. The highest BCUT2D eigenvalue weighted by atomic mass is 35.5. The Morgan fingerprint density at radius 2 is 1.19 bits per heavy atom. The van der Waals surface area contributed by atoms with Crippen LogP contribution < -0.4 is 21.5 Å². The molecule has 0 radical (unpaired) electrons. The van der Waals surface area contributed by atoms with Gasteiger partial charge in [0.15, 0.2) is 0 Å². The summed E-state index contributed by atoms with van der Waals surface area (Å²) in [4.78, 5) is 53.4. The van der Waals surface area contributed by atoms with Gasteiger partial charge in [0, 0.05) is 70.0 Å². The van der Waals surface area contributed by atoms with Crippen molar-refractivity contribution >= 4 is 56.8 Å². The molecule has 2 aromatic heterocycles. The van der Waals surface area contributed by atoms with Gasteiger partial charge in [0.05, 0.1) is 5.52 Å². The lowest BCUT2D eigenvalue weighted by atomic mass is 10.1. The molecule has 10 nitrogen and oxygen atoms in total. The Bertz CT molecular complexity index is 2560. The number of fused-ring (bicyclic) bond motifs is 2. The highest BCUT2D eigenvalue weighted by Crippen LogP contribution is 2.15. The summed E-state index contributed by atoms with van der Waals surface area (Å²) in [7, 11) is 1.77. The van der Waals surface area contributed by atoms with Crippen LogP contribution in [-0.4, -0.2) is 44.8 Å². The van der Waals surface area contributed by atoms with Crippen molar-refractivity contribution in [2.75, 3.05) is 13.2 Å². The van der Waals surface area contributed by atoms with Crippen LogP contribution in [0.1, 0.15) is 43.0 Å². The largest absolute Gasteiger partial charge is 0.384 e. The molecular formula is C41H32Cl2N4O6. The first-order valence-corrected chi connectivity index (χ1v) is 16.9. The predicted octanol–water partition coefficient (Wildman–Crippen LogP) is 4.92. The van der Waals surface area contributed by atoms with E-state index < -0.39 is 11.8 Å². The summed E-state index contributed by atoms with van der Waals surface area (Å²) in [5, 5.41) is 25.1. The summed E-state index contributed by atoms with van der Waals surface area (Å²) in [6.45, 7) is 0.0550. The van der Waals surface area contributed by atoms with E-state index in [2.05, 4.69) is 39.3 Å². The van der Waals surface area contributed by atoms with Crippen LogP contribution in [0.4, 0.5) is 0 Å². The lowest BCUT2D eigenvalue weighted by molar-refractivity contribution is 0.0941. The Labute approximate surface area is 314 Å². The Morgan fingerprint density at radius 3 is 1.74 bits per heavy atom. The molecule has 266 valence electrons. The van der Waals surface area contributed by atoms with Crippen molar-refractivity contribution in [3.05, 3.63) is 161 Å². The van der Waals surface area contributed by atoms with Gasteiger partial charge in [0.1, 0.15) is 24.3 Å². The van der Waals surface area contributed by atoms with Gasteiger partial charge in [-0.15, -0.1) is 0 Å². The summed E-state index contributed by atoms with van der Waals surface area (Å²) >= 11 is 11.7. The van der Waals surface area contributed by atoms with E-state index in [1.165, 1.54) is 12.4 Å². The molecule has 0 saturated carbocycles. The molecule has 4 aromatic carbocycles. The molecule has 0 atom stereocenters. The Balaban J connectivity index is 0.000000204. The summed E-state index contributed by atoms with van der Waals surface area (Å²) in [6.07, 6.45) is 2.93. The highest BCUT2D eigenvalue weighted by Gasteiger charge is 2.15. The van der Waals surface area contributed by atoms with Crippen molar-refractivity contribution in [2.45, 2.75) is 13.1 Å². The molecule has 0 aliphatic heterocycles. The molecular weight excluding hydrogens is 715 g/mol. The minimum Gasteiger partial charge on any atom is -0.384 e. The van der Waals surface area contributed by atoms with Gasteiger partial charge in [0.25, 0.3) is 11.8 Å². The number of nitrogens with one attached hydrogen (secondary N) is 3. The Kier molecular flexibility index (Phi) is 12.8. The van der Waals surface area contributed by atoms with Crippen LogP contribution in [-0.2, 0) is 20.1 Å². The first-order chi connectivity index (χ1) is 25.6. The number of aryl methyl sites for hydroxylation is 1. The molecule has 0 aliphatic rings. The number of hydrogen-bond donors (Lipinski definition) is 5. The molecule has 6 rings (SSSR count). The van der Waals surface area contributed by atoms with Gasteiger partial charge >= 0.3 is 0 Å². The minimum absolute atomic E-state index is 0.0266. The molecule has 0 bridgehead atoms. The quantitative estimate of drug-likeness (QED) is 0.153. The lowest BCUT2D eigenvalue weighted by Crippen LogP contribution is -2.29. The van der Waals surface area contributed by atoms with Crippen molar-refractivity contribution < 1.29 is 19.8 Å². The number of aromatic nitrogens is 2. The SMILES string of the molecule is Cn1cc(C(=O)NCc2ccc(Cl)cc2)c(=O)c2cc(C#CCO)ccc21.O=C(NCc1ccc(Cl)cc1)c1c[nH]c2ccc(C#CCO)cc2c1=O. The number of pyridine rings is 2. The van der Waals surface area contributed by atoms with Gasteiger partial charge in [-0.2, -0.15) is 0 Å². The molecule has 12 heteroatoms. The second-order valence-corrected chi connectivity index (χ2v) is 12.4. The van der Waals surface area contributed by atoms with Crippen molar-refractivity contribution in [2.24, 2.45) is 7.05 Å². The number of aromatic amines is 1. The zero-order valence-corrected chi connectivity index (χ0v) is 29.8. The normalized spacial score (nSPS) is 10.3. The molecule has 53 heavy (non-hydrogen) atoms. The van der Waals surface area contributed by atoms with Crippen LogP contribution in [0.3, 0.4) is 0 Å². The van der Waals surface area contributed by atoms with Crippen molar-refractivity contribution in [3.8, 4) is 23.7 Å². The monoisotopic (exact) mass is 746 g/mol. The van der Waals surface area contributed by atoms with Crippen molar-refractivity contribution in [1.29, 1.82) is 0 Å². The standard InChI is InChI=1S/C21H17ClN2O3.C20H15ClN2O3/c1-24-13-18(21(27)23-12-15-4-7-16(22)8-5-15)20(26)17-11-14(3-2-10-25)6-9-19(17)24;21-15-6-3-14(4-7-15)11-23-20(26)17-12-22-18-8-5-13(2-1-9-24)10-16(18)19(17)25/h4-9,11,13,25H,10,12H2,1H3,(H,23,27);3-8,10,12,24H,9,11H2,(H,22,25)(H,23,26). The first kappa shape index (κ1) is 38.1. The van der Waals surface area contributed by atoms with Gasteiger partial charge in [-0.05, 0) is 71.8 Å². The molecule has 6 aromatic rings. The number of hydrogen-bond acceptors (Lipinski definition) is 6. The number of carbonyl (C=O) groups excluding carboxylic acids is 2. The number of aliphatic hydroxyl groups is 2. The van der Waals surface area contributed by atoms with Gasteiger partial charge in [-0.3, -0.25) is 19.2 Å². The van der Waals surface area contributed by atoms with E-state index in [0.717, 1.165) is 11.1 Å². The molecule has 0 spiro atoms. The van der Waals surface area contributed by atoms with Crippen LogP contribution in [0, 0.1) is 23.7 Å². The van der Waals surface area contributed by atoms with Crippen LogP contribution in [0.25, 0.3) is 21.8 Å². The van der Waals surface area contributed by atoms with E-state index in [1.807, 2.05) is 12.1 Å². The van der Waals surface area contributed by atoms with Crippen LogP contribution >= 0.6 is 23.2 Å². The van der Waals surface area contributed by atoms with E-state index in [9.17, 15) is 19.2 Å². The number of halogens is 2. The number of nitrogens with zero attached hydrogens (tertiary/aromatic N) is 1. The Morgan fingerprint density at radius 1 is 0.698 bits per heavy atom. The van der Waals surface area contributed by atoms with Gasteiger partial charge in [0.2, 0.25) is 10.9 Å². The topological polar surface area (TPSA) is 154 Å². The molecule has 0 saturated heterocycles. The number of amides is 2. The predicted molar refractivity (Wildman–Crippen MR) is 207 cm³/mol. The number of aliphatic hydroxyl groups excluding tert-OH is 2. The fourth-order valence-corrected chi connectivity index (χ4v) is 5.49. The number of H-pyrrole nitrogens is 1. The fraction of sp³-hybridized carbons (Fsp3) is 0.122. The maximum atomic E-state index is 12.8. The second kappa shape index (κ2) is 17.9. The molecule has 0 fully saturated rings. The second-order valence-electron chi connectivity index (χ2n) is 11.5. The maximum Gasteiger partial charge on any atom is 0.257 e. The van der Waals surface area contributed by atoms with E-state index in [1.54, 1.807) is 84.4 Å². The fourth-order valence-electron chi connectivity index (χ4n) is 5.24. The summed E-state index contributed by atoms with van der Waals surface area (Å²) in [5.74, 6) is 9.70. The molecule has 0 unspecified atom stereocenters. The van der Waals surface area contributed by atoms with Gasteiger partial charge in [-0.25, -0.2) is 0 Å². The highest BCUT2D eigenvalue weighted by molar-refractivity contribution is 6.30. The van der Waals surface area contributed by atoms with E-state index in [0.29, 0.717) is 49.5 Å². The van der Waals surface area contributed by atoms with Gasteiger partial charge in [-0.1, -0.05) is 71.1 Å². The minimum atomic E-state index is -0.463. The average molecular weight is 748 g/mol. The van der Waals surface area contributed by atoms with E-state index >= 15 is 0 Å². The van der Waals surface area contributed by atoms with Gasteiger partial charge < -0.3 is 30.4 Å². The number of rotatable bonds is 6. The molecule has 2 amide bonds. The van der Waals surface area contributed by atoms with E-state index in [4.69, 9.17) is 33.4 Å². The average Bonchev–Trinajstić information content (AvgIpc) is 3.17.